The van der Waals surface area contributed by atoms with Crippen molar-refractivity contribution in [3.63, 3.8) is 0 Å². The third kappa shape index (κ3) is 3.03. The van der Waals surface area contributed by atoms with E-state index in [9.17, 15) is 8.42 Å². The van der Waals surface area contributed by atoms with E-state index < -0.39 is 10.2 Å². The van der Waals surface area contributed by atoms with Crippen LogP contribution in [0.25, 0.3) is 0 Å². The number of nitrogens with one attached hydrogen (secondary N) is 1. The highest BCUT2D eigenvalue weighted by Crippen LogP contribution is 2.18. The molecular weight excluding hydrogens is 252 g/mol. The van der Waals surface area contributed by atoms with Crippen LogP contribution in [-0.2, 0) is 10.2 Å². The van der Waals surface area contributed by atoms with Crippen LogP contribution >= 0.6 is 0 Å². The van der Waals surface area contributed by atoms with Crippen molar-refractivity contribution >= 4 is 10.2 Å². The van der Waals surface area contributed by atoms with Crippen LogP contribution in [0.4, 0.5) is 0 Å². The van der Waals surface area contributed by atoms with Gasteiger partial charge in [0.2, 0.25) is 0 Å². The van der Waals surface area contributed by atoms with Gasteiger partial charge in [-0.15, -0.1) is 0 Å². The van der Waals surface area contributed by atoms with Gasteiger partial charge in [-0.1, -0.05) is 0 Å². The van der Waals surface area contributed by atoms with E-state index in [1.165, 1.54) is 0 Å². The number of likely N-dealkylation sites (tertiary alicyclic amines) is 1. The molecule has 0 bridgehead atoms. The normalized spacial score (nSPS) is 28.7. The molecule has 2 saturated heterocycles. The molecular formula is C11H24N4O2S. The van der Waals surface area contributed by atoms with Crippen LogP contribution in [0.1, 0.15) is 12.8 Å². The maximum absolute atomic E-state index is 12.5. The first-order valence-corrected chi connectivity index (χ1v) is 8.04. The highest BCUT2D eigenvalue weighted by molar-refractivity contribution is 7.86. The molecule has 7 heteroatoms. The molecule has 0 aliphatic carbocycles. The zero-order valence-electron chi connectivity index (χ0n) is 11.3. The van der Waals surface area contributed by atoms with Gasteiger partial charge in [0.25, 0.3) is 10.2 Å². The molecule has 0 aromatic rings. The van der Waals surface area contributed by atoms with Gasteiger partial charge >= 0.3 is 0 Å². The Morgan fingerprint density at radius 1 is 1.22 bits per heavy atom. The topological polar surface area (TPSA) is 55.9 Å². The second-order valence-corrected chi connectivity index (χ2v) is 7.22. The van der Waals surface area contributed by atoms with Crippen molar-refractivity contribution in [2.75, 3.05) is 53.4 Å². The minimum absolute atomic E-state index is 0.114. The number of piperazine rings is 1. The molecule has 106 valence electrons. The first kappa shape index (κ1) is 14.2. The molecule has 1 N–H and O–H groups in total. The summed E-state index contributed by atoms with van der Waals surface area (Å²) in [5.41, 5.74) is 0. The third-order valence-corrected chi connectivity index (χ3v) is 5.92. The predicted molar refractivity (Wildman–Crippen MR) is 71.6 cm³/mol. The number of nitrogens with zero attached hydrogens (tertiary/aromatic N) is 3. The zero-order chi connectivity index (χ0) is 13.2. The first-order valence-electron chi connectivity index (χ1n) is 6.64. The second kappa shape index (κ2) is 5.83. The summed E-state index contributed by atoms with van der Waals surface area (Å²) in [6.45, 7) is 4.56. The van der Waals surface area contributed by atoms with Crippen molar-refractivity contribution in [3.05, 3.63) is 0 Å². The lowest BCUT2D eigenvalue weighted by atomic mass is 10.1. The molecule has 6 nitrogen and oxygen atoms in total. The van der Waals surface area contributed by atoms with Gasteiger partial charge in [0, 0.05) is 45.8 Å². The van der Waals surface area contributed by atoms with E-state index in [2.05, 4.69) is 17.3 Å². The SMILES string of the molecule is CN1CCCC(N(C)S(=O)(=O)N2CCNCC2)C1. The van der Waals surface area contributed by atoms with E-state index in [4.69, 9.17) is 0 Å². The van der Waals surface area contributed by atoms with Crippen molar-refractivity contribution in [1.82, 2.24) is 18.8 Å². The molecule has 0 amide bonds. The van der Waals surface area contributed by atoms with Crippen molar-refractivity contribution < 1.29 is 8.42 Å². The van der Waals surface area contributed by atoms with Gasteiger partial charge in [-0.2, -0.15) is 17.0 Å². The molecule has 2 aliphatic rings. The van der Waals surface area contributed by atoms with Gasteiger partial charge in [-0.25, -0.2) is 0 Å². The van der Waals surface area contributed by atoms with Crippen molar-refractivity contribution in [2.45, 2.75) is 18.9 Å². The third-order valence-electron chi connectivity index (χ3n) is 3.88. The molecule has 2 aliphatic heterocycles. The molecule has 2 rings (SSSR count). The Balaban J connectivity index is 2.03. The van der Waals surface area contributed by atoms with Crippen LogP contribution in [0.2, 0.25) is 0 Å². The Kier molecular flexibility index (Phi) is 4.60. The minimum Gasteiger partial charge on any atom is -0.314 e. The molecule has 2 heterocycles. The van der Waals surface area contributed by atoms with E-state index in [1.54, 1.807) is 15.7 Å². The van der Waals surface area contributed by atoms with E-state index in [-0.39, 0.29) is 6.04 Å². The van der Waals surface area contributed by atoms with E-state index in [0.717, 1.165) is 39.0 Å². The van der Waals surface area contributed by atoms with Crippen LogP contribution in [0.3, 0.4) is 0 Å². The average Bonchev–Trinajstić information content (AvgIpc) is 2.39. The van der Waals surface area contributed by atoms with Crippen LogP contribution in [0.5, 0.6) is 0 Å². The van der Waals surface area contributed by atoms with E-state index >= 15 is 0 Å². The van der Waals surface area contributed by atoms with Gasteiger partial charge in [0.05, 0.1) is 0 Å². The van der Waals surface area contributed by atoms with Gasteiger partial charge in [0.15, 0.2) is 0 Å². The lowest BCUT2D eigenvalue weighted by molar-refractivity contribution is 0.179. The lowest BCUT2D eigenvalue weighted by Gasteiger charge is -2.38. The fourth-order valence-electron chi connectivity index (χ4n) is 2.68. The van der Waals surface area contributed by atoms with Crippen LogP contribution in [0.15, 0.2) is 0 Å². The van der Waals surface area contributed by atoms with Gasteiger partial charge < -0.3 is 10.2 Å². The van der Waals surface area contributed by atoms with E-state index in [0.29, 0.717) is 13.1 Å². The monoisotopic (exact) mass is 276 g/mol. The van der Waals surface area contributed by atoms with E-state index in [1.807, 2.05) is 0 Å². The molecule has 1 atom stereocenters. The highest BCUT2D eigenvalue weighted by atomic mass is 32.2. The number of hydrogen-bond donors (Lipinski definition) is 1. The summed E-state index contributed by atoms with van der Waals surface area (Å²) in [7, 11) is 0.491. The molecule has 0 aromatic carbocycles. The maximum Gasteiger partial charge on any atom is 0.282 e. The average molecular weight is 276 g/mol. The summed E-state index contributed by atoms with van der Waals surface area (Å²) in [4.78, 5) is 2.21. The first-order chi connectivity index (χ1) is 8.51. The second-order valence-electron chi connectivity index (χ2n) is 5.23. The molecule has 0 aromatic heterocycles. The Morgan fingerprint density at radius 3 is 2.50 bits per heavy atom. The molecule has 0 spiro atoms. The lowest BCUT2D eigenvalue weighted by Crippen LogP contribution is -2.55. The summed E-state index contributed by atoms with van der Waals surface area (Å²) < 4.78 is 28.2. The van der Waals surface area contributed by atoms with Gasteiger partial charge in [-0.05, 0) is 26.4 Å². The largest absolute Gasteiger partial charge is 0.314 e. The molecule has 1 unspecified atom stereocenters. The van der Waals surface area contributed by atoms with Crippen molar-refractivity contribution in [2.24, 2.45) is 0 Å². The summed E-state index contributed by atoms with van der Waals surface area (Å²) >= 11 is 0. The Labute approximate surface area is 110 Å². The van der Waals surface area contributed by atoms with Gasteiger partial charge in [0.1, 0.15) is 0 Å². The van der Waals surface area contributed by atoms with Crippen molar-refractivity contribution in [1.29, 1.82) is 0 Å². The van der Waals surface area contributed by atoms with Crippen molar-refractivity contribution in [3.8, 4) is 0 Å². The van der Waals surface area contributed by atoms with Crippen LogP contribution < -0.4 is 5.32 Å². The fraction of sp³-hybridized carbons (Fsp3) is 1.00. The number of piperidine rings is 1. The molecule has 18 heavy (non-hydrogen) atoms. The summed E-state index contributed by atoms with van der Waals surface area (Å²) in [6, 6.07) is 0.114. The number of likely N-dealkylation sites (N-methyl/N-ethyl adjacent to an activating group) is 2. The van der Waals surface area contributed by atoms with Crippen LogP contribution in [-0.4, -0.2) is 81.3 Å². The maximum atomic E-state index is 12.5. The molecule has 0 radical (unpaired) electrons. The summed E-state index contributed by atoms with van der Waals surface area (Å²) in [5, 5.41) is 3.18. The van der Waals surface area contributed by atoms with Crippen LogP contribution in [0, 0.1) is 0 Å². The summed E-state index contributed by atoms with van der Waals surface area (Å²) in [6.07, 6.45) is 2.04. The highest BCUT2D eigenvalue weighted by Gasteiger charge is 2.34. The Bertz CT molecular complexity index is 367. The number of hydrogen-bond acceptors (Lipinski definition) is 4. The van der Waals surface area contributed by atoms with Gasteiger partial charge in [-0.3, -0.25) is 0 Å². The minimum atomic E-state index is -3.29. The molecule has 0 saturated carbocycles. The summed E-state index contributed by atoms with van der Waals surface area (Å²) in [5.74, 6) is 0. The Morgan fingerprint density at radius 2 is 1.89 bits per heavy atom. The smallest absolute Gasteiger partial charge is 0.282 e. The number of rotatable bonds is 3. The Hall–Kier alpha value is -0.210. The standard InChI is InChI=1S/C11H24N4O2S/c1-13-7-3-4-11(10-13)14(2)18(16,17)15-8-5-12-6-9-15/h11-12H,3-10H2,1-2H3. The predicted octanol–water partition coefficient (Wildman–Crippen LogP) is -0.838. The zero-order valence-corrected chi connectivity index (χ0v) is 12.1. The molecule has 2 fully saturated rings. The quantitative estimate of drug-likeness (QED) is 0.730. The fourth-order valence-corrected chi connectivity index (χ4v) is 4.24.